The summed E-state index contributed by atoms with van der Waals surface area (Å²) < 4.78 is 0. The Morgan fingerprint density at radius 2 is 1.80 bits per heavy atom. The topological polar surface area (TPSA) is 32.3 Å². The Morgan fingerprint density at radius 3 is 2.20 bits per heavy atom. The fourth-order valence-electron chi connectivity index (χ4n) is 1.22. The molecule has 0 heterocycles. The second-order valence-electron chi connectivity index (χ2n) is 4.65. The molecule has 0 radical (unpaired) electrons. The molecule has 0 aliphatic rings. The quantitative estimate of drug-likeness (QED) is 0.732. The van der Waals surface area contributed by atoms with Gasteiger partial charge in [0.15, 0.2) is 0 Å². The van der Waals surface area contributed by atoms with E-state index < -0.39 is 0 Å². The second-order valence-corrected chi connectivity index (χ2v) is 4.65. The lowest BCUT2D eigenvalue weighted by Gasteiger charge is -2.24. The van der Waals surface area contributed by atoms with Crippen molar-refractivity contribution in [1.82, 2.24) is 10.2 Å². The first kappa shape index (κ1) is 14.4. The normalized spacial score (nSPS) is 15.1. The Hall–Kier alpha value is -0.570. The zero-order valence-corrected chi connectivity index (χ0v) is 11.0. The SMILES string of the molecule is CCC(C)C(C)NCC(=O)N(C)C(C)C. The molecule has 0 aromatic carbocycles. The van der Waals surface area contributed by atoms with Gasteiger partial charge in [0.2, 0.25) is 5.91 Å². The number of nitrogens with one attached hydrogen (secondary N) is 1. The van der Waals surface area contributed by atoms with E-state index in [0.717, 1.165) is 6.42 Å². The Labute approximate surface area is 94.2 Å². The van der Waals surface area contributed by atoms with Gasteiger partial charge in [-0.25, -0.2) is 0 Å². The van der Waals surface area contributed by atoms with E-state index in [1.165, 1.54) is 0 Å². The molecule has 0 fully saturated rings. The molecule has 0 bridgehead atoms. The molecule has 0 spiro atoms. The van der Waals surface area contributed by atoms with Crippen molar-refractivity contribution in [2.45, 2.75) is 53.1 Å². The van der Waals surface area contributed by atoms with E-state index in [4.69, 9.17) is 0 Å². The van der Waals surface area contributed by atoms with E-state index in [2.05, 4.69) is 26.1 Å². The number of carbonyl (C=O) groups excluding carboxylic acids is 1. The van der Waals surface area contributed by atoms with Crippen LogP contribution in [0.15, 0.2) is 0 Å². The monoisotopic (exact) mass is 214 g/mol. The third-order valence-corrected chi connectivity index (χ3v) is 3.24. The van der Waals surface area contributed by atoms with Crippen molar-refractivity contribution >= 4 is 5.91 Å². The second kappa shape index (κ2) is 6.83. The first-order chi connectivity index (χ1) is 6.90. The number of likely N-dealkylation sites (N-methyl/N-ethyl adjacent to an activating group) is 1. The van der Waals surface area contributed by atoms with Crippen LogP contribution in [0.3, 0.4) is 0 Å². The summed E-state index contributed by atoms with van der Waals surface area (Å²) in [7, 11) is 1.85. The highest BCUT2D eigenvalue weighted by atomic mass is 16.2. The smallest absolute Gasteiger partial charge is 0.236 e. The molecule has 15 heavy (non-hydrogen) atoms. The van der Waals surface area contributed by atoms with E-state index in [1.54, 1.807) is 4.90 Å². The van der Waals surface area contributed by atoms with Crippen LogP contribution in [0.5, 0.6) is 0 Å². The molecule has 0 aromatic heterocycles. The minimum absolute atomic E-state index is 0.167. The third kappa shape index (κ3) is 5.17. The Kier molecular flexibility index (Phi) is 6.57. The van der Waals surface area contributed by atoms with Crippen molar-refractivity contribution in [3.05, 3.63) is 0 Å². The van der Waals surface area contributed by atoms with E-state index in [0.29, 0.717) is 18.5 Å². The van der Waals surface area contributed by atoms with Crippen LogP contribution in [0.25, 0.3) is 0 Å². The molecule has 0 aliphatic heterocycles. The zero-order valence-electron chi connectivity index (χ0n) is 11.0. The number of carbonyl (C=O) groups is 1. The van der Waals surface area contributed by atoms with Crippen LogP contribution in [0.2, 0.25) is 0 Å². The summed E-state index contributed by atoms with van der Waals surface area (Å²) in [4.78, 5) is 13.4. The fourth-order valence-corrected chi connectivity index (χ4v) is 1.22. The lowest BCUT2D eigenvalue weighted by Crippen LogP contribution is -2.43. The molecular weight excluding hydrogens is 188 g/mol. The lowest BCUT2D eigenvalue weighted by molar-refractivity contribution is -0.130. The van der Waals surface area contributed by atoms with Gasteiger partial charge in [-0.3, -0.25) is 4.79 Å². The van der Waals surface area contributed by atoms with E-state index in [9.17, 15) is 4.79 Å². The molecule has 90 valence electrons. The van der Waals surface area contributed by atoms with Crippen LogP contribution in [-0.4, -0.2) is 36.5 Å². The number of hydrogen-bond donors (Lipinski definition) is 1. The van der Waals surface area contributed by atoms with Crippen LogP contribution < -0.4 is 5.32 Å². The first-order valence-electron chi connectivity index (χ1n) is 5.89. The predicted molar refractivity (Wildman–Crippen MR) is 64.8 cm³/mol. The van der Waals surface area contributed by atoms with Gasteiger partial charge < -0.3 is 10.2 Å². The van der Waals surface area contributed by atoms with Crippen LogP contribution in [0.1, 0.15) is 41.0 Å². The van der Waals surface area contributed by atoms with Crippen molar-refractivity contribution in [2.75, 3.05) is 13.6 Å². The van der Waals surface area contributed by atoms with Gasteiger partial charge in [0.05, 0.1) is 6.54 Å². The highest BCUT2D eigenvalue weighted by Crippen LogP contribution is 2.06. The Balaban J connectivity index is 3.90. The molecule has 1 N–H and O–H groups in total. The molecule has 0 saturated carbocycles. The fraction of sp³-hybridized carbons (Fsp3) is 0.917. The van der Waals surface area contributed by atoms with Gasteiger partial charge in [-0.1, -0.05) is 20.3 Å². The highest BCUT2D eigenvalue weighted by molar-refractivity contribution is 5.78. The average molecular weight is 214 g/mol. The average Bonchev–Trinajstić information content (AvgIpc) is 2.22. The molecule has 0 saturated heterocycles. The first-order valence-corrected chi connectivity index (χ1v) is 5.89. The van der Waals surface area contributed by atoms with Crippen molar-refractivity contribution in [2.24, 2.45) is 5.92 Å². The molecule has 2 atom stereocenters. The van der Waals surface area contributed by atoms with Gasteiger partial charge in [-0.15, -0.1) is 0 Å². The molecule has 0 aromatic rings. The zero-order chi connectivity index (χ0) is 12.0. The van der Waals surface area contributed by atoms with Gasteiger partial charge in [0, 0.05) is 19.1 Å². The number of amides is 1. The highest BCUT2D eigenvalue weighted by Gasteiger charge is 2.14. The van der Waals surface area contributed by atoms with Gasteiger partial charge in [-0.05, 0) is 26.7 Å². The molecule has 0 aliphatic carbocycles. The standard InChI is InChI=1S/C12H26N2O/c1-7-10(4)11(5)13-8-12(15)14(6)9(2)3/h9-11,13H,7-8H2,1-6H3. The Morgan fingerprint density at radius 1 is 1.27 bits per heavy atom. The molecular formula is C12H26N2O. The van der Waals surface area contributed by atoms with Gasteiger partial charge in [-0.2, -0.15) is 0 Å². The maximum Gasteiger partial charge on any atom is 0.236 e. The summed E-state index contributed by atoms with van der Waals surface area (Å²) in [5.41, 5.74) is 0. The molecule has 3 nitrogen and oxygen atoms in total. The molecule has 2 unspecified atom stereocenters. The summed E-state index contributed by atoms with van der Waals surface area (Å²) in [6, 6.07) is 0.678. The predicted octanol–water partition coefficient (Wildman–Crippen LogP) is 1.88. The van der Waals surface area contributed by atoms with Gasteiger partial charge in [0.25, 0.3) is 0 Å². The van der Waals surface area contributed by atoms with Gasteiger partial charge in [0.1, 0.15) is 0 Å². The summed E-state index contributed by atoms with van der Waals surface area (Å²) in [6.45, 7) is 11.0. The number of nitrogens with zero attached hydrogens (tertiary/aromatic N) is 1. The molecule has 1 amide bonds. The van der Waals surface area contributed by atoms with Crippen molar-refractivity contribution in [3.8, 4) is 0 Å². The summed E-state index contributed by atoms with van der Waals surface area (Å²) >= 11 is 0. The van der Waals surface area contributed by atoms with E-state index in [-0.39, 0.29) is 11.9 Å². The van der Waals surface area contributed by atoms with Crippen molar-refractivity contribution in [3.63, 3.8) is 0 Å². The summed E-state index contributed by atoms with van der Waals surface area (Å²) in [5.74, 6) is 0.780. The van der Waals surface area contributed by atoms with Gasteiger partial charge >= 0.3 is 0 Å². The summed E-state index contributed by atoms with van der Waals surface area (Å²) in [6.07, 6.45) is 1.14. The minimum Gasteiger partial charge on any atom is -0.342 e. The number of rotatable bonds is 6. The summed E-state index contributed by atoms with van der Waals surface area (Å²) in [5, 5.41) is 3.28. The van der Waals surface area contributed by atoms with Crippen LogP contribution >= 0.6 is 0 Å². The number of hydrogen-bond acceptors (Lipinski definition) is 2. The van der Waals surface area contributed by atoms with E-state index in [1.807, 2.05) is 20.9 Å². The maximum atomic E-state index is 11.7. The molecule has 3 heteroatoms. The maximum absolute atomic E-state index is 11.7. The molecule has 0 rings (SSSR count). The van der Waals surface area contributed by atoms with E-state index >= 15 is 0 Å². The van der Waals surface area contributed by atoms with Crippen LogP contribution in [0.4, 0.5) is 0 Å². The van der Waals surface area contributed by atoms with Crippen molar-refractivity contribution < 1.29 is 4.79 Å². The lowest BCUT2D eigenvalue weighted by atomic mass is 10.0. The van der Waals surface area contributed by atoms with Crippen LogP contribution in [-0.2, 0) is 4.79 Å². The largest absolute Gasteiger partial charge is 0.342 e. The minimum atomic E-state index is 0.167. The van der Waals surface area contributed by atoms with Crippen molar-refractivity contribution in [1.29, 1.82) is 0 Å². The Bertz CT molecular complexity index is 192. The third-order valence-electron chi connectivity index (χ3n) is 3.24. The van der Waals surface area contributed by atoms with Crippen LogP contribution in [0, 0.1) is 5.92 Å².